The van der Waals surface area contributed by atoms with E-state index in [0.29, 0.717) is 24.2 Å². The number of hydrogen-bond donors (Lipinski definition) is 1. The third-order valence-corrected chi connectivity index (χ3v) is 4.42. The van der Waals surface area contributed by atoms with Crippen LogP contribution in [0.25, 0.3) is 21.3 Å². The lowest BCUT2D eigenvalue weighted by Gasteiger charge is -2.10. The van der Waals surface area contributed by atoms with Crippen LogP contribution in [0, 0.1) is 0 Å². The first kappa shape index (κ1) is 16.4. The summed E-state index contributed by atoms with van der Waals surface area (Å²) in [6.07, 6.45) is 0. The Morgan fingerprint density at radius 3 is 2.75 bits per heavy atom. The van der Waals surface area contributed by atoms with Gasteiger partial charge in [0.25, 0.3) is 5.56 Å². The molecule has 24 heavy (non-hydrogen) atoms. The topological polar surface area (TPSA) is 73.2 Å². The van der Waals surface area contributed by atoms with E-state index in [0.717, 1.165) is 10.3 Å². The normalized spacial score (nSPS) is 10.9. The van der Waals surface area contributed by atoms with Crippen molar-refractivity contribution in [3.8, 4) is 10.6 Å². The van der Waals surface area contributed by atoms with E-state index in [-0.39, 0.29) is 18.0 Å². The van der Waals surface area contributed by atoms with Gasteiger partial charge in [0.15, 0.2) is 0 Å². The summed E-state index contributed by atoms with van der Waals surface area (Å²) in [7, 11) is 1.56. The quantitative estimate of drug-likeness (QED) is 0.694. The number of thiophene rings is 1. The molecule has 1 N–H and O–H groups in total. The lowest BCUT2D eigenvalue weighted by Crippen LogP contribution is -2.35. The van der Waals surface area contributed by atoms with E-state index in [1.165, 1.54) is 4.68 Å². The van der Waals surface area contributed by atoms with Crippen molar-refractivity contribution in [3.63, 3.8) is 0 Å². The van der Waals surface area contributed by atoms with E-state index in [2.05, 4.69) is 10.4 Å². The number of amides is 1. The Morgan fingerprint density at radius 1 is 1.25 bits per heavy atom. The monoisotopic (exact) mass is 343 g/mol. The van der Waals surface area contributed by atoms with Crippen LogP contribution < -0.4 is 10.9 Å². The molecular formula is C17H17N3O3S. The molecule has 0 fully saturated rings. The number of nitrogens with zero attached hydrogens (tertiary/aromatic N) is 2. The summed E-state index contributed by atoms with van der Waals surface area (Å²) in [5.41, 5.74) is 0.442. The molecule has 0 saturated carbocycles. The summed E-state index contributed by atoms with van der Waals surface area (Å²) < 4.78 is 6.12. The van der Waals surface area contributed by atoms with Crippen molar-refractivity contribution in [2.45, 2.75) is 6.54 Å². The van der Waals surface area contributed by atoms with Gasteiger partial charge < -0.3 is 10.1 Å². The second kappa shape index (κ2) is 7.37. The minimum atomic E-state index is -0.271. The van der Waals surface area contributed by atoms with Crippen molar-refractivity contribution in [1.82, 2.24) is 15.1 Å². The first-order valence-corrected chi connectivity index (χ1v) is 8.38. The molecule has 2 aromatic heterocycles. The number of methoxy groups -OCH3 is 1. The Morgan fingerprint density at radius 2 is 2.04 bits per heavy atom. The molecule has 3 rings (SSSR count). The van der Waals surface area contributed by atoms with Crippen LogP contribution in [0.5, 0.6) is 0 Å². The van der Waals surface area contributed by atoms with Crippen LogP contribution in [0.1, 0.15) is 0 Å². The summed E-state index contributed by atoms with van der Waals surface area (Å²) >= 11 is 1.55. The number of aromatic nitrogens is 2. The molecule has 0 spiro atoms. The van der Waals surface area contributed by atoms with Gasteiger partial charge in [-0.15, -0.1) is 11.3 Å². The van der Waals surface area contributed by atoms with Gasteiger partial charge in [0.2, 0.25) is 5.91 Å². The van der Waals surface area contributed by atoms with E-state index < -0.39 is 0 Å². The number of hydrogen-bond acceptors (Lipinski definition) is 5. The van der Waals surface area contributed by atoms with E-state index >= 15 is 0 Å². The molecule has 6 nitrogen and oxygen atoms in total. The minimum Gasteiger partial charge on any atom is -0.383 e. The molecule has 0 saturated heterocycles. The summed E-state index contributed by atoms with van der Waals surface area (Å²) in [5.74, 6) is -0.269. The van der Waals surface area contributed by atoms with Crippen LogP contribution in [0.2, 0.25) is 0 Å². The fourth-order valence-corrected chi connectivity index (χ4v) is 3.15. The van der Waals surface area contributed by atoms with Crippen molar-refractivity contribution >= 4 is 28.0 Å². The van der Waals surface area contributed by atoms with Crippen LogP contribution in [0.4, 0.5) is 0 Å². The molecular weight excluding hydrogens is 326 g/mol. The van der Waals surface area contributed by atoms with Gasteiger partial charge in [-0.3, -0.25) is 9.59 Å². The maximum Gasteiger partial charge on any atom is 0.275 e. The van der Waals surface area contributed by atoms with Gasteiger partial charge in [-0.2, -0.15) is 5.10 Å². The number of rotatable bonds is 6. The Kier molecular flexibility index (Phi) is 5.02. The van der Waals surface area contributed by atoms with Gasteiger partial charge in [-0.25, -0.2) is 4.68 Å². The molecule has 0 atom stereocenters. The number of fused-ring (bicyclic) bond motifs is 1. The van der Waals surface area contributed by atoms with Crippen molar-refractivity contribution < 1.29 is 9.53 Å². The Balaban J connectivity index is 2.01. The van der Waals surface area contributed by atoms with E-state index in [9.17, 15) is 9.59 Å². The first-order chi connectivity index (χ1) is 11.7. The van der Waals surface area contributed by atoms with Crippen molar-refractivity contribution in [3.05, 3.63) is 52.1 Å². The average molecular weight is 343 g/mol. The Labute approximate surface area is 142 Å². The molecule has 3 aromatic rings. The van der Waals surface area contributed by atoms with E-state index in [1.54, 1.807) is 24.5 Å². The lowest BCUT2D eigenvalue weighted by molar-refractivity contribution is -0.122. The standard InChI is InChI=1S/C17H17N3O3S/c1-23-9-8-18-15(21)11-20-17(22)13-6-3-2-5-12(13)16(19-20)14-7-4-10-24-14/h2-7,10H,8-9,11H2,1H3,(H,18,21). The van der Waals surface area contributed by atoms with Crippen LogP contribution in [-0.2, 0) is 16.1 Å². The van der Waals surface area contributed by atoms with Gasteiger partial charge in [-0.1, -0.05) is 24.3 Å². The van der Waals surface area contributed by atoms with Crippen LogP contribution in [-0.4, -0.2) is 35.9 Å². The Bertz CT molecular complexity index is 903. The average Bonchev–Trinajstić information content (AvgIpc) is 3.12. The summed E-state index contributed by atoms with van der Waals surface area (Å²) in [4.78, 5) is 25.6. The van der Waals surface area contributed by atoms with Crippen molar-refractivity contribution in [2.75, 3.05) is 20.3 Å². The Hall–Kier alpha value is -2.51. The zero-order chi connectivity index (χ0) is 16.9. The predicted octanol–water partition coefficient (Wildman–Crippen LogP) is 1.89. The van der Waals surface area contributed by atoms with Crippen LogP contribution in [0.3, 0.4) is 0 Å². The number of benzene rings is 1. The fourth-order valence-electron chi connectivity index (χ4n) is 2.42. The minimum absolute atomic E-state index is 0.119. The zero-order valence-electron chi connectivity index (χ0n) is 13.2. The van der Waals surface area contributed by atoms with Gasteiger partial charge in [0, 0.05) is 19.0 Å². The largest absolute Gasteiger partial charge is 0.383 e. The summed E-state index contributed by atoms with van der Waals surface area (Å²) in [6, 6.07) is 11.2. The molecule has 124 valence electrons. The van der Waals surface area contributed by atoms with Crippen LogP contribution >= 0.6 is 11.3 Å². The first-order valence-electron chi connectivity index (χ1n) is 7.50. The maximum absolute atomic E-state index is 12.6. The molecule has 0 bridgehead atoms. The number of nitrogens with one attached hydrogen (secondary N) is 1. The summed E-state index contributed by atoms with van der Waals surface area (Å²) in [6.45, 7) is 0.702. The smallest absolute Gasteiger partial charge is 0.275 e. The van der Waals surface area contributed by atoms with Gasteiger partial charge in [0.1, 0.15) is 12.2 Å². The number of carbonyl (C=O) groups excluding carboxylic acids is 1. The fraction of sp³-hybridized carbons (Fsp3) is 0.235. The second-order valence-corrected chi connectivity index (χ2v) is 6.12. The van der Waals surface area contributed by atoms with Gasteiger partial charge in [-0.05, 0) is 17.5 Å². The second-order valence-electron chi connectivity index (χ2n) is 5.18. The molecule has 0 radical (unpaired) electrons. The van der Waals surface area contributed by atoms with E-state index in [4.69, 9.17) is 4.74 Å². The molecule has 0 unspecified atom stereocenters. The highest BCUT2D eigenvalue weighted by Crippen LogP contribution is 2.28. The molecule has 1 amide bonds. The number of carbonyl (C=O) groups is 1. The lowest BCUT2D eigenvalue weighted by atomic mass is 10.1. The molecule has 0 aliphatic heterocycles. The highest BCUT2D eigenvalue weighted by atomic mass is 32.1. The third kappa shape index (κ3) is 3.37. The van der Waals surface area contributed by atoms with Gasteiger partial charge >= 0.3 is 0 Å². The number of ether oxygens (including phenoxy) is 1. The van der Waals surface area contributed by atoms with Crippen LogP contribution in [0.15, 0.2) is 46.6 Å². The predicted molar refractivity (Wildman–Crippen MR) is 94.2 cm³/mol. The third-order valence-electron chi connectivity index (χ3n) is 3.54. The molecule has 0 aliphatic carbocycles. The van der Waals surface area contributed by atoms with Crippen molar-refractivity contribution in [1.29, 1.82) is 0 Å². The van der Waals surface area contributed by atoms with E-state index in [1.807, 2.05) is 35.7 Å². The maximum atomic E-state index is 12.6. The summed E-state index contributed by atoms with van der Waals surface area (Å²) in [5, 5.41) is 10.4. The molecule has 2 heterocycles. The van der Waals surface area contributed by atoms with Crippen molar-refractivity contribution in [2.24, 2.45) is 0 Å². The SMILES string of the molecule is COCCNC(=O)Cn1nc(-c2cccs2)c2ccccc2c1=O. The zero-order valence-corrected chi connectivity index (χ0v) is 14.0. The molecule has 0 aliphatic rings. The highest BCUT2D eigenvalue weighted by molar-refractivity contribution is 7.13. The highest BCUT2D eigenvalue weighted by Gasteiger charge is 2.14. The molecule has 1 aromatic carbocycles. The van der Waals surface area contributed by atoms with Gasteiger partial charge in [0.05, 0.1) is 16.9 Å². The molecule has 7 heteroatoms.